The Balaban J connectivity index is 2.62. The molecule has 0 aliphatic heterocycles. The summed E-state index contributed by atoms with van der Waals surface area (Å²) >= 11 is 6.70. The molecular weight excluding hydrogens is 374 g/mol. The van der Waals surface area contributed by atoms with Crippen LogP contribution in [0.15, 0.2) is 22.7 Å². The van der Waals surface area contributed by atoms with Crippen LogP contribution in [0.2, 0.25) is 0 Å². The Labute approximate surface area is 131 Å². The summed E-state index contributed by atoms with van der Waals surface area (Å²) in [5, 5.41) is 13.5. The number of phenols is 1. The Kier molecular flexibility index (Phi) is 6.33. The van der Waals surface area contributed by atoms with Crippen LogP contribution < -0.4 is 5.32 Å². The number of aromatic hydroxyl groups is 1. The average Bonchev–Trinajstić information content (AvgIpc) is 2.36. The molecule has 1 rings (SSSR count). The van der Waals surface area contributed by atoms with Gasteiger partial charge >= 0.3 is 0 Å². The smallest absolute Gasteiger partial charge is 0.255 e. The van der Waals surface area contributed by atoms with Gasteiger partial charge in [0.25, 0.3) is 5.91 Å². The predicted molar refractivity (Wildman–Crippen MR) is 84.9 cm³/mol. The molecular formula is C14H19Br2NO2. The van der Waals surface area contributed by atoms with Crippen LogP contribution >= 0.6 is 31.9 Å². The van der Waals surface area contributed by atoms with Crippen LogP contribution in [0, 0.1) is 5.41 Å². The Morgan fingerprint density at radius 1 is 1.42 bits per heavy atom. The number of phenolic OH excluding ortho intramolecular Hbond substituents is 1. The molecule has 0 bridgehead atoms. The fraction of sp³-hybridized carbons (Fsp3) is 0.500. The monoisotopic (exact) mass is 391 g/mol. The molecule has 106 valence electrons. The van der Waals surface area contributed by atoms with E-state index < -0.39 is 0 Å². The van der Waals surface area contributed by atoms with E-state index in [-0.39, 0.29) is 17.1 Å². The number of hydrogen-bond acceptors (Lipinski definition) is 2. The van der Waals surface area contributed by atoms with Gasteiger partial charge in [0.05, 0.1) is 5.56 Å². The van der Waals surface area contributed by atoms with E-state index in [0.717, 1.165) is 22.6 Å². The fourth-order valence-electron chi connectivity index (χ4n) is 1.74. The van der Waals surface area contributed by atoms with Crippen molar-refractivity contribution in [3.63, 3.8) is 0 Å². The summed E-state index contributed by atoms with van der Waals surface area (Å²) in [6.45, 7) is 4.83. The lowest BCUT2D eigenvalue weighted by atomic mass is 9.88. The van der Waals surface area contributed by atoms with Crippen molar-refractivity contribution in [2.45, 2.75) is 26.7 Å². The van der Waals surface area contributed by atoms with Crippen molar-refractivity contribution in [2.75, 3.05) is 11.9 Å². The number of nitrogens with one attached hydrogen (secondary N) is 1. The molecule has 0 aliphatic carbocycles. The SMILES string of the molecule is CC(C)(CCCBr)CNC(=O)c1cc(Br)ccc1O. The fourth-order valence-corrected chi connectivity index (χ4v) is 2.38. The van der Waals surface area contributed by atoms with E-state index in [1.807, 2.05) is 0 Å². The quantitative estimate of drug-likeness (QED) is 0.716. The van der Waals surface area contributed by atoms with E-state index in [9.17, 15) is 9.90 Å². The van der Waals surface area contributed by atoms with Crippen LogP contribution in [0.4, 0.5) is 0 Å². The lowest BCUT2D eigenvalue weighted by Crippen LogP contribution is -2.34. The lowest BCUT2D eigenvalue weighted by Gasteiger charge is -2.24. The molecule has 0 heterocycles. The van der Waals surface area contributed by atoms with Crippen LogP contribution in [0.25, 0.3) is 0 Å². The van der Waals surface area contributed by atoms with Gasteiger partial charge in [-0.1, -0.05) is 45.7 Å². The summed E-state index contributed by atoms with van der Waals surface area (Å²) in [6.07, 6.45) is 2.11. The number of rotatable bonds is 6. The first-order valence-electron chi connectivity index (χ1n) is 6.18. The summed E-state index contributed by atoms with van der Waals surface area (Å²) in [7, 11) is 0. The molecule has 0 atom stereocenters. The van der Waals surface area contributed by atoms with Crippen LogP contribution in [-0.4, -0.2) is 22.9 Å². The third kappa shape index (κ3) is 5.53. The summed E-state index contributed by atoms with van der Waals surface area (Å²) in [5.74, 6) is -0.246. The number of halogens is 2. The molecule has 0 radical (unpaired) electrons. The van der Waals surface area contributed by atoms with Crippen molar-refractivity contribution in [1.29, 1.82) is 0 Å². The van der Waals surface area contributed by atoms with Gasteiger partial charge in [0.2, 0.25) is 0 Å². The van der Waals surface area contributed by atoms with Crippen LogP contribution in [0.1, 0.15) is 37.0 Å². The van der Waals surface area contributed by atoms with Gasteiger partial charge in [-0.25, -0.2) is 0 Å². The lowest BCUT2D eigenvalue weighted by molar-refractivity contribution is 0.0932. The minimum Gasteiger partial charge on any atom is -0.507 e. The molecule has 0 aromatic heterocycles. The molecule has 0 saturated carbocycles. The Morgan fingerprint density at radius 3 is 2.74 bits per heavy atom. The highest BCUT2D eigenvalue weighted by atomic mass is 79.9. The number of amides is 1. The molecule has 19 heavy (non-hydrogen) atoms. The molecule has 0 unspecified atom stereocenters. The second-order valence-electron chi connectivity index (χ2n) is 5.30. The minimum atomic E-state index is -0.245. The first-order valence-corrected chi connectivity index (χ1v) is 8.10. The van der Waals surface area contributed by atoms with E-state index in [1.165, 1.54) is 6.07 Å². The van der Waals surface area contributed by atoms with Crippen LogP contribution in [-0.2, 0) is 0 Å². The van der Waals surface area contributed by atoms with Crippen molar-refractivity contribution in [1.82, 2.24) is 5.32 Å². The van der Waals surface area contributed by atoms with Crippen molar-refractivity contribution in [2.24, 2.45) is 5.41 Å². The highest BCUT2D eigenvalue weighted by Crippen LogP contribution is 2.24. The zero-order chi connectivity index (χ0) is 14.5. The van der Waals surface area contributed by atoms with Gasteiger partial charge in [0.15, 0.2) is 0 Å². The van der Waals surface area contributed by atoms with Crippen molar-refractivity contribution >= 4 is 37.8 Å². The second-order valence-corrected chi connectivity index (χ2v) is 7.01. The average molecular weight is 393 g/mol. The highest BCUT2D eigenvalue weighted by molar-refractivity contribution is 9.10. The minimum absolute atomic E-state index is 0.000959. The zero-order valence-electron chi connectivity index (χ0n) is 11.2. The molecule has 5 heteroatoms. The van der Waals surface area contributed by atoms with E-state index in [0.29, 0.717) is 12.1 Å². The van der Waals surface area contributed by atoms with Gasteiger partial charge in [-0.05, 0) is 36.5 Å². The van der Waals surface area contributed by atoms with Crippen molar-refractivity contribution in [3.05, 3.63) is 28.2 Å². The highest BCUT2D eigenvalue weighted by Gasteiger charge is 2.19. The van der Waals surface area contributed by atoms with E-state index in [1.54, 1.807) is 12.1 Å². The molecule has 0 saturated heterocycles. The van der Waals surface area contributed by atoms with E-state index >= 15 is 0 Å². The summed E-state index contributed by atoms with van der Waals surface area (Å²) < 4.78 is 0.772. The maximum atomic E-state index is 12.0. The maximum absolute atomic E-state index is 12.0. The maximum Gasteiger partial charge on any atom is 0.255 e. The molecule has 0 spiro atoms. The summed E-state index contributed by atoms with van der Waals surface area (Å²) in [4.78, 5) is 12.0. The summed E-state index contributed by atoms with van der Waals surface area (Å²) in [6, 6.07) is 4.83. The first kappa shape index (κ1) is 16.5. The molecule has 0 fully saturated rings. The third-order valence-corrected chi connectivity index (χ3v) is 3.97. The van der Waals surface area contributed by atoms with E-state index in [4.69, 9.17) is 0 Å². The largest absolute Gasteiger partial charge is 0.507 e. The Bertz CT molecular complexity index is 447. The van der Waals surface area contributed by atoms with Gasteiger partial charge in [0.1, 0.15) is 5.75 Å². The standard InChI is InChI=1S/C14H19Br2NO2/c1-14(2,6-3-7-15)9-17-13(19)11-8-10(16)4-5-12(11)18/h4-5,8,18H,3,6-7,9H2,1-2H3,(H,17,19). The van der Waals surface area contributed by atoms with Crippen LogP contribution in [0.3, 0.4) is 0 Å². The summed E-state index contributed by atoms with van der Waals surface area (Å²) in [5.41, 5.74) is 0.344. The molecule has 1 amide bonds. The van der Waals surface area contributed by atoms with Gasteiger partial charge < -0.3 is 10.4 Å². The number of benzene rings is 1. The van der Waals surface area contributed by atoms with E-state index in [2.05, 4.69) is 51.0 Å². The second kappa shape index (κ2) is 7.29. The zero-order valence-corrected chi connectivity index (χ0v) is 14.3. The van der Waals surface area contributed by atoms with Crippen LogP contribution in [0.5, 0.6) is 5.75 Å². The predicted octanol–water partition coefficient (Wildman–Crippen LogP) is 4.09. The third-order valence-electron chi connectivity index (χ3n) is 2.92. The molecule has 1 aromatic rings. The normalized spacial score (nSPS) is 11.4. The number of alkyl halides is 1. The molecule has 1 aromatic carbocycles. The number of carbonyl (C=O) groups excluding carboxylic acids is 1. The molecule has 3 nitrogen and oxygen atoms in total. The number of hydrogen-bond donors (Lipinski definition) is 2. The molecule has 0 aliphatic rings. The van der Waals surface area contributed by atoms with Gasteiger partial charge in [-0.2, -0.15) is 0 Å². The van der Waals surface area contributed by atoms with Gasteiger partial charge in [-0.3, -0.25) is 4.79 Å². The van der Waals surface area contributed by atoms with Gasteiger partial charge in [-0.15, -0.1) is 0 Å². The Hall–Kier alpha value is -0.550. The first-order chi connectivity index (χ1) is 8.85. The van der Waals surface area contributed by atoms with Crippen molar-refractivity contribution in [3.8, 4) is 5.75 Å². The van der Waals surface area contributed by atoms with Gasteiger partial charge in [0, 0.05) is 16.3 Å². The topological polar surface area (TPSA) is 49.3 Å². The Morgan fingerprint density at radius 2 is 2.11 bits per heavy atom. The molecule has 2 N–H and O–H groups in total. The number of carbonyl (C=O) groups is 1. The van der Waals surface area contributed by atoms with Crippen molar-refractivity contribution < 1.29 is 9.90 Å².